The second kappa shape index (κ2) is 4.49. The summed E-state index contributed by atoms with van der Waals surface area (Å²) in [4.78, 5) is 17.8. The van der Waals surface area contributed by atoms with E-state index in [-0.39, 0.29) is 11.9 Å². The highest BCUT2D eigenvalue weighted by Gasteiger charge is 2.30. The van der Waals surface area contributed by atoms with Crippen molar-refractivity contribution in [2.45, 2.75) is 6.42 Å². The maximum absolute atomic E-state index is 11.3. The summed E-state index contributed by atoms with van der Waals surface area (Å²) in [5.41, 5.74) is 0. The highest BCUT2D eigenvalue weighted by Crippen LogP contribution is 2.28. The number of hydrogen-bond donors (Lipinski definition) is 0. The van der Waals surface area contributed by atoms with Crippen molar-refractivity contribution in [3.8, 4) is 0 Å². The van der Waals surface area contributed by atoms with Gasteiger partial charge in [-0.15, -0.1) is 11.3 Å². The number of carbonyl (C=O) groups is 1. The van der Waals surface area contributed by atoms with Gasteiger partial charge in [0.05, 0.1) is 13.0 Å². The van der Waals surface area contributed by atoms with Gasteiger partial charge in [-0.3, -0.25) is 4.79 Å². The number of esters is 1. The third-order valence-electron chi connectivity index (χ3n) is 2.46. The number of nitrogens with zero attached hydrogens (tertiary/aromatic N) is 2. The van der Waals surface area contributed by atoms with Gasteiger partial charge in [0.1, 0.15) is 4.60 Å². The molecule has 0 bridgehead atoms. The Balaban J connectivity index is 2.01. The molecule has 15 heavy (non-hydrogen) atoms. The van der Waals surface area contributed by atoms with E-state index in [2.05, 4.69) is 25.8 Å². The van der Waals surface area contributed by atoms with Gasteiger partial charge in [-0.05, 0) is 22.4 Å². The number of thiazole rings is 1. The van der Waals surface area contributed by atoms with Crippen molar-refractivity contribution in [1.29, 1.82) is 0 Å². The van der Waals surface area contributed by atoms with Crippen molar-refractivity contribution in [3.63, 3.8) is 0 Å². The summed E-state index contributed by atoms with van der Waals surface area (Å²) in [6, 6.07) is 0. The maximum atomic E-state index is 11.3. The molecule has 4 nitrogen and oxygen atoms in total. The number of anilines is 1. The van der Waals surface area contributed by atoms with Crippen LogP contribution in [0.5, 0.6) is 0 Å². The summed E-state index contributed by atoms with van der Waals surface area (Å²) in [5.74, 6) is -0.120. The number of hydrogen-bond acceptors (Lipinski definition) is 5. The van der Waals surface area contributed by atoms with Crippen LogP contribution in [-0.2, 0) is 9.53 Å². The molecule has 0 radical (unpaired) electrons. The van der Waals surface area contributed by atoms with Gasteiger partial charge in [0.15, 0.2) is 5.13 Å². The molecule has 0 aromatic carbocycles. The van der Waals surface area contributed by atoms with Crippen LogP contribution in [-0.4, -0.2) is 31.2 Å². The Kier molecular flexibility index (Phi) is 3.25. The van der Waals surface area contributed by atoms with E-state index in [0.717, 1.165) is 22.7 Å². The molecule has 1 aliphatic rings. The van der Waals surface area contributed by atoms with Gasteiger partial charge in [0.2, 0.25) is 0 Å². The zero-order valence-electron chi connectivity index (χ0n) is 8.27. The quantitative estimate of drug-likeness (QED) is 0.781. The third kappa shape index (κ3) is 2.31. The van der Waals surface area contributed by atoms with E-state index in [1.807, 2.05) is 5.38 Å². The molecule has 1 aromatic heterocycles. The Labute approximate surface area is 100 Å². The van der Waals surface area contributed by atoms with E-state index in [9.17, 15) is 4.79 Å². The van der Waals surface area contributed by atoms with Crippen LogP contribution in [0.4, 0.5) is 5.13 Å². The van der Waals surface area contributed by atoms with E-state index in [0.29, 0.717) is 6.54 Å². The standard InChI is InChI=1S/C9H11BrN2O2S/c1-14-8(13)6-2-3-12(4-6)9-11-7(10)5-15-9/h5-6H,2-4H2,1H3. The Bertz CT molecular complexity index is 369. The van der Waals surface area contributed by atoms with Crippen molar-refractivity contribution in [3.05, 3.63) is 9.98 Å². The summed E-state index contributed by atoms with van der Waals surface area (Å²) in [6.45, 7) is 1.59. The summed E-state index contributed by atoms with van der Waals surface area (Å²) in [6.07, 6.45) is 0.851. The Hall–Kier alpha value is -0.620. The summed E-state index contributed by atoms with van der Waals surface area (Å²) >= 11 is 4.90. The van der Waals surface area contributed by atoms with Crippen LogP contribution >= 0.6 is 27.3 Å². The zero-order chi connectivity index (χ0) is 10.8. The predicted molar refractivity (Wildman–Crippen MR) is 62.2 cm³/mol. The molecule has 0 N–H and O–H groups in total. The molecule has 1 atom stereocenters. The van der Waals surface area contributed by atoms with Crippen molar-refractivity contribution in [2.75, 3.05) is 25.1 Å². The van der Waals surface area contributed by atoms with Gasteiger partial charge in [-0.25, -0.2) is 4.98 Å². The molecule has 1 unspecified atom stereocenters. The van der Waals surface area contributed by atoms with E-state index in [1.165, 1.54) is 7.11 Å². The second-order valence-electron chi connectivity index (χ2n) is 3.41. The molecular formula is C9H11BrN2O2S. The molecule has 0 spiro atoms. The number of methoxy groups -OCH3 is 1. The summed E-state index contributed by atoms with van der Waals surface area (Å²) in [7, 11) is 1.44. The fraction of sp³-hybridized carbons (Fsp3) is 0.556. The minimum absolute atomic E-state index is 0.00215. The number of carbonyl (C=O) groups excluding carboxylic acids is 1. The first-order valence-corrected chi connectivity index (χ1v) is 6.32. The van der Waals surface area contributed by atoms with Crippen LogP contribution in [0.3, 0.4) is 0 Å². The van der Waals surface area contributed by atoms with E-state index >= 15 is 0 Å². The molecule has 1 aromatic rings. The van der Waals surface area contributed by atoms with Crippen LogP contribution in [0.1, 0.15) is 6.42 Å². The number of ether oxygens (including phenoxy) is 1. The lowest BCUT2D eigenvalue weighted by Crippen LogP contribution is -2.23. The molecule has 82 valence electrons. The van der Waals surface area contributed by atoms with Crippen LogP contribution in [0, 0.1) is 5.92 Å². The van der Waals surface area contributed by atoms with Crippen molar-refractivity contribution in [1.82, 2.24) is 4.98 Å². The Morgan fingerprint density at radius 3 is 3.20 bits per heavy atom. The zero-order valence-corrected chi connectivity index (χ0v) is 10.7. The molecular weight excluding hydrogens is 280 g/mol. The van der Waals surface area contributed by atoms with E-state index in [4.69, 9.17) is 4.74 Å². The SMILES string of the molecule is COC(=O)C1CCN(c2nc(Br)cs2)C1. The molecule has 1 saturated heterocycles. The average Bonchev–Trinajstić information content (AvgIpc) is 2.84. The van der Waals surface area contributed by atoms with Gasteiger partial charge < -0.3 is 9.64 Å². The minimum atomic E-state index is -0.117. The Morgan fingerprint density at radius 2 is 2.60 bits per heavy atom. The van der Waals surface area contributed by atoms with Gasteiger partial charge in [0.25, 0.3) is 0 Å². The highest BCUT2D eigenvalue weighted by molar-refractivity contribution is 9.10. The molecule has 1 fully saturated rings. The predicted octanol–water partition coefficient (Wildman–Crippen LogP) is 1.90. The minimum Gasteiger partial charge on any atom is -0.469 e. The van der Waals surface area contributed by atoms with Gasteiger partial charge in [-0.1, -0.05) is 0 Å². The summed E-state index contributed by atoms with van der Waals surface area (Å²) in [5, 5.41) is 2.91. The van der Waals surface area contributed by atoms with Crippen LogP contribution in [0.15, 0.2) is 9.98 Å². The van der Waals surface area contributed by atoms with Gasteiger partial charge in [0, 0.05) is 18.5 Å². The second-order valence-corrected chi connectivity index (χ2v) is 5.06. The normalized spacial score (nSPS) is 20.7. The molecule has 0 aliphatic carbocycles. The number of rotatable bonds is 2. The largest absolute Gasteiger partial charge is 0.469 e. The lowest BCUT2D eigenvalue weighted by atomic mass is 10.1. The van der Waals surface area contributed by atoms with Gasteiger partial charge in [-0.2, -0.15) is 0 Å². The lowest BCUT2D eigenvalue weighted by molar-refractivity contribution is -0.144. The molecule has 0 amide bonds. The maximum Gasteiger partial charge on any atom is 0.310 e. The third-order valence-corrected chi connectivity index (χ3v) is 4.07. The molecule has 2 rings (SSSR count). The molecule has 0 saturated carbocycles. The fourth-order valence-electron chi connectivity index (χ4n) is 1.68. The van der Waals surface area contributed by atoms with Crippen LogP contribution in [0.25, 0.3) is 0 Å². The first kappa shape index (κ1) is 10.9. The van der Waals surface area contributed by atoms with E-state index < -0.39 is 0 Å². The average molecular weight is 291 g/mol. The topological polar surface area (TPSA) is 42.4 Å². The summed E-state index contributed by atoms with van der Waals surface area (Å²) < 4.78 is 5.58. The van der Waals surface area contributed by atoms with Crippen molar-refractivity contribution in [2.24, 2.45) is 5.92 Å². The van der Waals surface area contributed by atoms with Crippen LogP contribution in [0.2, 0.25) is 0 Å². The first-order valence-electron chi connectivity index (χ1n) is 4.64. The number of halogens is 1. The lowest BCUT2D eigenvalue weighted by Gasteiger charge is -2.13. The fourth-order valence-corrected chi connectivity index (χ4v) is 2.97. The van der Waals surface area contributed by atoms with Crippen molar-refractivity contribution >= 4 is 38.4 Å². The molecule has 2 heterocycles. The smallest absolute Gasteiger partial charge is 0.310 e. The molecule has 6 heteroatoms. The van der Waals surface area contributed by atoms with Gasteiger partial charge >= 0.3 is 5.97 Å². The number of aromatic nitrogens is 1. The monoisotopic (exact) mass is 290 g/mol. The van der Waals surface area contributed by atoms with Crippen LogP contribution < -0.4 is 4.90 Å². The Morgan fingerprint density at radius 1 is 1.80 bits per heavy atom. The van der Waals surface area contributed by atoms with Crippen molar-refractivity contribution < 1.29 is 9.53 Å². The van der Waals surface area contributed by atoms with E-state index in [1.54, 1.807) is 11.3 Å². The first-order chi connectivity index (χ1) is 7.20. The highest BCUT2D eigenvalue weighted by atomic mass is 79.9. The molecule has 1 aliphatic heterocycles.